The zero-order valence-electron chi connectivity index (χ0n) is 13.1. The smallest absolute Gasteiger partial charge is 0.226 e. The molecule has 2 aliphatic rings. The summed E-state index contributed by atoms with van der Waals surface area (Å²) in [4.78, 5) is 4.66. The lowest BCUT2D eigenvalue weighted by Crippen LogP contribution is -2.33. The van der Waals surface area contributed by atoms with E-state index >= 15 is 0 Å². The van der Waals surface area contributed by atoms with E-state index in [1.54, 1.807) is 0 Å². The van der Waals surface area contributed by atoms with E-state index in [9.17, 15) is 0 Å². The van der Waals surface area contributed by atoms with Gasteiger partial charge in [-0.25, -0.2) is 0 Å². The van der Waals surface area contributed by atoms with Gasteiger partial charge in [0.2, 0.25) is 11.7 Å². The molecule has 1 unspecified atom stereocenters. The largest absolute Gasteiger partial charge is 0.367 e. The highest BCUT2D eigenvalue weighted by Gasteiger charge is 2.39. The van der Waals surface area contributed by atoms with Gasteiger partial charge in [0.15, 0.2) is 0 Å². The monoisotopic (exact) mass is 293 g/mol. The number of rotatable bonds is 6. The molecule has 0 spiro atoms. The molecule has 1 saturated heterocycles. The van der Waals surface area contributed by atoms with Gasteiger partial charge in [0.1, 0.15) is 5.60 Å². The van der Waals surface area contributed by atoms with Crippen molar-refractivity contribution in [2.45, 2.75) is 63.9 Å². The van der Waals surface area contributed by atoms with Crippen LogP contribution in [0.3, 0.4) is 0 Å². The van der Waals surface area contributed by atoms with E-state index < -0.39 is 0 Å². The third-order valence-corrected chi connectivity index (χ3v) is 4.89. The molecule has 1 aromatic rings. The van der Waals surface area contributed by atoms with Gasteiger partial charge in [0.05, 0.1) is 0 Å². The van der Waals surface area contributed by atoms with Crippen LogP contribution in [0.5, 0.6) is 0 Å². The molecular weight excluding hydrogens is 266 g/mol. The first-order valence-corrected chi connectivity index (χ1v) is 8.50. The van der Waals surface area contributed by atoms with E-state index in [1.165, 1.54) is 25.7 Å². The van der Waals surface area contributed by atoms with Gasteiger partial charge in [-0.05, 0) is 51.6 Å². The normalized spacial score (nSPS) is 25.3. The van der Waals surface area contributed by atoms with E-state index in [2.05, 4.69) is 15.5 Å². The van der Waals surface area contributed by atoms with Crippen molar-refractivity contribution in [3.05, 3.63) is 11.7 Å². The van der Waals surface area contributed by atoms with Crippen LogP contribution in [0.4, 0.5) is 0 Å². The summed E-state index contributed by atoms with van der Waals surface area (Å²) in [5.41, 5.74) is -0.288. The quantitative estimate of drug-likeness (QED) is 0.874. The van der Waals surface area contributed by atoms with E-state index in [4.69, 9.17) is 9.26 Å². The summed E-state index contributed by atoms with van der Waals surface area (Å²) in [6.45, 7) is 5.03. The molecule has 3 rings (SSSR count). The molecule has 0 aromatic carbocycles. The zero-order chi connectivity index (χ0) is 14.5. The zero-order valence-corrected chi connectivity index (χ0v) is 13.1. The molecule has 5 nitrogen and oxygen atoms in total. The Morgan fingerprint density at radius 2 is 2.19 bits per heavy atom. The highest BCUT2D eigenvalue weighted by molar-refractivity contribution is 5.03. The maximum absolute atomic E-state index is 6.05. The molecule has 0 radical (unpaired) electrons. The van der Waals surface area contributed by atoms with Gasteiger partial charge < -0.3 is 14.6 Å². The van der Waals surface area contributed by atoms with E-state index in [-0.39, 0.29) is 5.60 Å². The molecule has 1 N–H and O–H groups in total. The standard InChI is InChI=1S/C16H27N3O2/c1-2-20-16(9-4-3-5-10-16)15-18-14(21-19-15)7-6-13-8-11-17-12-13/h13,17H,2-12H2,1H3. The molecule has 2 fully saturated rings. The third kappa shape index (κ3) is 3.46. The van der Waals surface area contributed by atoms with E-state index in [0.717, 1.165) is 56.4 Å². The number of hydrogen-bond donors (Lipinski definition) is 1. The van der Waals surface area contributed by atoms with Crippen LogP contribution in [0.15, 0.2) is 4.52 Å². The minimum absolute atomic E-state index is 0.288. The van der Waals surface area contributed by atoms with E-state index in [1.807, 2.05) is 6.92 Å². The number of nitrogens with one attached hydrogen (secondary N) is 1. The number of hydrogen-bond acceptors (Lipinski definition) is 5. The van der Waals surface area contributed by atoms with Gasteiger partial charge in [-0.2, -0.15) is 4.98 Å². The van der Waals surface area contributed by atoms with Gasteiger partial charge >= 0.3 is 0 Å². The van der Waals surface area contributed by atoms with Crippen molar-refractivity contribution >= 4 is 0 Å². The molecule has 1 aliphatic carbocycles. The highest BCUT2D eigenvalue weighted by atomic mass is 16.5. The Labute approximate surface area is 126 Å². The van der Waals surface area contributed by atoms with Crippen LogP contribution >= 0.6 is 0 Å². The second-order valence-corrected chi connectivity index (χ2v) is 6.40. The number of aromatic nitrogens is 2. The lowest BCUT2D eigenvalue weighted by molar-refractivity contribution is -0.0777. The van der Waals surface area contributed by atoms with Gasteiger partial charge in [-0.3, -0.25) is 0 Å². The van der Waals surface area contributed by atoms with Gasteiger partial charge in [0, 0.05) is 13.0 Å². The van der Waals surface area contributed by atoms with Crippen LogP contribution in [0, 0.1) is 5.92 Å². The molecule has 1 aromatic heterocycles. The van der Waals surface area contributed by atoms with Crippen molar-refractivity contribution in [2.24, 2.45) is 5.92 Å². The van der Waals surface area contributed by atoms with Crippen molar-refractivity contribution in [2.75, 3.05) is 19.7 Å². The average Bonchev–Trinajstić information content (AvgIpc) is 3.18. The summed E-state index contributed by atoms with van der Waals surface area (Å²) in [6.07, 6.45) is 9.00. The molecule has 118 valence electrons. The number of aryl methyl sites for hydroxylation is 1. The Morgan fingerprint density at radius 1 is 1.33 bits per heavy atom. The summed E-state index contributed by atoms with van der Waals surface area (Å²) in [5.74, 6) is 2.32. The summed E-state index contributed by atoms with van der Waals surface area (Å²) in [5, 5.41) is 7.65. The Hall–Kier alpha value is -0.940. The Bertz CT molecular complexity index is 429. The number of ether oxygens (including phenoxy) is 1. The molecule has 2 heterocycles. The lowest BCUT2D eigenvalue weighted by Gasteiger charge is -2.33. The fourth-order valence-corrected chi connectivity index (χ4v) is 3.66. The molecule has 5 heteroatoms. The van der Waals surface area contributed by atoms with Crippen LogP contribution < -0.4 is 5.32 Å². The second kappa shape index (κ2) is 6.88. The van der Waals surface area contributed by atoms with Gasteiger partial charge in [-0.1, -0.05) is 24.4 Å². The summed E-state index contributed by atoms with van der Waals surface area (Å²) in [6, 6.07) is 0. The maximum Gasteiger partial charge on any atom is 0.226 e. The van der Waals surface area contributed by atoms with Crippen LogP contribution in [0.2, 0.25) is 0 Å². The molecule has 21 heavy (non-hydrogen) atoms. The first-order valence-electron chi connectivity index (χ1n) is 8.50. The minimum atomic E-state index is -0.288. The summed E-state index contributed by atoms with van der Waals surface area (Å²) < 4.78 is 11.5. The third-order valence-electron chi connectivity index (χ3n) is 4.89. The second-order valence-electron chi connectivity index (χ2n) is 6.40. The van der Waals surface area contributed by atoms with Crippen LogP contribution in [0.25, 0.3) is 0 Å². The summed E-state index contributed by atoms with van der Waals surface area (Å²) >= 11 is 0. The molecule has 0 bridgehead atoms. The average molecular weight is 293 g/mol. The first-order chi connectivity index (χ1) is 10.3. The molecule has 1 saturated carbocycles. The molecule has 1 aliphatic heterocycles. The topological polar surface area (TPSA) is 60.2 Å². The van der Waals surface area contributed by atoms with Crippen molar-refractivity contribution in [3.63, 3.8) is 0 Å². The number of nitrogens with zero attached hydrogens (tertiary/aromatic N) is 2. The van der Waals surface area contributed by atoms with Gasteiger partial charge in [0.25, 0.3) is 0 Å². The fraction of sp³-hybridized carbons (Fsp3) is 0.875. The van der Waals surface area contributed by atoms with Crippen molar-refractivity contribution in [3.8, 4) is 0 Å². The highest BCUT2D eigenvalue weighted by Crippen LogP contribution is 2.39. The predicted octanol–water partition coefficient (Wildman–Crippen LogP) is 2.81. The minimum Gasteiger partial charge on any atom is -0.367 e. The molecule has 1 atom stereocenters. The molecule has 0 amide bonds. The lowest BCUT2D eigenvalue weighted by atomic mass is 9.84. The van der Waals surface area contributed by atoms with Crippen LogP contribution in [0.1, 0.15) is 63.6 Å². The SMILES string of the molecule is CCOC1(c2noc(CCC3CCNC3)n2)CCCCC1. The fourth-order valence-electron chi connectivity index (χ4n) is 3.66. The van der Waals surface area contributed by atoms with E-state index in [0.29, 0.717) is 6.61 Å². The predicted molar refractivity (Wildman–Crippen MR) is 80.0 cm³/mol. The Balaban J connectivity index is 1.64. The van der Waals surface area contributed by atoms with Crippen molar-refractivity contribution < 1.29 is 9.26 Å². The van der Waals surface area contributed by atoms with Crippen LogP contribution in [-0.4, -0.2) is 29.8 Å². The molecular formula is C16H27N3O2. The van der Waals surface area contributed by atoms with Crippen molar-refractivity contribution in [1.29, 1.82) is 0 Å². The summed E-state index contributed by atoms with van der Waals surface area (Å²) in [7, 11) is 0. The van der Waals surface area contributed by atoms with Gasteiger partial charge in [-0.15, -0.1) is 0 Å². The maximum atomic E-state index is 6.05. The Kier molecular flexibility index (Phi) is 4.91. The first kappa shape index (κ1) is 15.0. The van der Waals surface area contributed by atoms with Crippen molar-refractivity contribution in [1.82, 2.24) is 15.5 Å². The Morgan fingerprint density at radius 3 is 2.90 bits per heavy atom. The van der Waals surface area contributed by atoms with Crippen LogP contribution in [-0.2, 0) is 16.8 Å².